The van der Waals surface area contributed by atoms with Crippen molar-refractivity contribution in [3.63, 3.8) is 0 Å². The highest BCUT2D eigenvalue weighted by atomic mass is 32.2. The number of hydrogen-bond acceptors (Lipinski definition) is 4. The van der Waals surface area contributed by atoms with Crippen molar-refractivity contribution in [2.75, 3.05) is 11.5 Å². The van der Waals surface area contributed by atoms with Gasteiger partial charge >= 0.3 is 0 Å². The molecule has 5 heteroatoms. The van der Waals surface area contributed by atoms with Gasteiger partial charge in [0.25, 0.3) is 0 Å². The summed E-state index contributed by atoms with van der Waals surface area (Å²) in [5, 5.41) is 3.48. The summed E-state index contributed by atoms with van der Waals surface area (Å²) in [7, 11) is -0.551. The smallest absolute Gasteiger partial charge is 0.0794 e. The summed E-state index contributed by atoms with van der Waals surface area (Å²) in [6.45, 7) is 0.905. The predicted octanol–water partition coefficient (Wildman–Crippen LogP) is 1.14. The monoisotopic (exact) mass is 230 g/mol. The minimum Gasteiger partial charge on any atom is -0.309 e. The summed E-state index contributed by atoms with van der Waals surface area (Å²) in [6.07, 6.45) is 4.00. The van der Waals surface area contributed by atoms with Crippen molar-refractivity contribution < 1.29 is 4.21 Å². The first-order valence-corrected chi connectivity index (χ1v) is 7.17. The van der Waals surface area contributed by atoms with Crippen molar-refractivity contribution in [3.8, 4) is 0 Å². The summed E-state index contributed by atoms with van der Waals surface area (Å²) in [5.41, 5.74) is 1.85. The van der Waals surface area contributed by atoms with E-state index >= 15 is 0 Å². The van der Waals surface area contributed by atoms with Crippen LogP contribution in [0.4, 0.5) is 0 Å². The van der Waals surface area contributed by atoms with E-state index < -0.39 is 10.8 Å². The van der Waals surface area contributed by atoms with E-state index in [2.05, 4.69) is 10.3 Å². The number of rotatable bonds is 3. The molecular weight excluding hydrogens is 216 g/mol. The van der Waals surface area contributed by atoms with Gasteiger partial charge in [0.2, 0.25) is 0 Å². The molecule has 0 saturated carbocycles. The van der Waals surface area contributed by atoms with Gasteiger partial charge in [-0.1, -0.05) is 0 Å². The second-order valence-electron chi connectivity index (χ2n) is 3.47. The van der Waals surface area contributed by atoms with Crippen LogP contribution in [0.3, 0.4) is 0 Å². The average Bonchev–Trinajstić information content (AvgIpc) is 2.70. The fraction of sp³-hybridized carbons (Fsp3) is 0.667. The SMILES string of the molecule is O=S1CCC(NCc2cncs2)CC1. The van der Waals surface area contributed by atoms with Crippen molar-refractivity contribution in [2.45, 2.75) is 25.4 Å². The van der Waals surface area contributed by atoms with Gasteiger partial charge in [0.15, 0.2) is 0 Å². The molecule has 0 aromatic carbocycles. The van der Waals surface area contributed by atoms with E-state index in [9.17, 15) is 4.21 Å². The Hall–Kier alpha value is -0.260. The van der Waals surface area contributed by atoms with Gasteiger partial charge in [0, 0.05) is 46.0 Å². The van der Waals surface area contributed by atoms with Crippen LogP contribution >= 0.6 is 11.3 Å². The van der Waals surface area contributed by atoms with Crippen molar-refractivity contribution in [1.29, 1.82) is 0 Å². The number of aromatic nitrogens is 1. The second kappa shape index (κ2) is 5.00. The molecule has 1 aromatic heterocycles. The Morgan fingerprint density at radius 3 is 3.00 bits per heavy atom. The third kappa shape index (κ3) is 2.87. The molecule has 0 amide bonds. The van der Waals surface area contributed by atoms with E-state index in [1.165, 1.54) is 4.88 Å². The maximum absolute atomic E-state index is 11.1. The zero-order chi connectivity index (χ0) is 9.80. The van der Waals surface area contributed by atoms with E-state index in [0.29, 0.717) is 6.04 Å². The highest BCUT2D eigenvalue weighted by molar-refractivity contribution is 7.85. The van der Waals surface area contributed by atoms with Crippen molar-refractivity contribution in [3.05, 3.63) is 16.6 Å². The molecule has 3 nitrogen and oxygen atoms in total. The van der Waals surface area contributed by atoms with Crippen LogP contribution in [0.5, 0.6) is 0 Å². The van der Waals surface area contributed by atoms with Gasteiger partial charge in [-0.3, -0.25) is 9.19 Å². The molecule has 0 aliphatic carbocycles. The fourth-order valence-electron chi connectivity index (χ4n) is 1.57. The maximum Gasteiger partial charge on any atom is 0.0794 e. The van der Waals surface area contributed by atoms with Crippen molar-refractivity contribution in [1.82, 2.24) is 10.3 Å². The average molecular weight is 230 g/mol. The van der Waals surface area contributed by atoms with Gasteiger partial charge < -0.3 is 5.32 Å². The molecule has 1 fully saturated rings. The third-order valence-electron chi connectivity index (χ3n) is 2.44. The van der Waals surface area contributed by atoms with Crippen LogP contribution in [0.1, 0.15) is 17.7 Å². The molecule has 1 aliphatic rings. The largest absolute Gasteiger partial charge is 0.309 e. The number of nitrogens with one attached hydrogen (secondary N) is 1. The second-order valence-corrected chi connectivity index (χ2v) is 6.14. The Morgan fingerprint density at radius 2 is 2.36 bits per heavy atom. The van der Waals surface area contributed by atoms with Gasteiger partial charge in [-0.2, -0.15) is 0 Å². The minimum absolute atomic E-state index is 0.551. The summed E-state index contributed by atoms with van der Waals surface area (Å²) in [6, 6.07) is 0.551. The van der Waals surface area contributed by atoms with Crippen LogP contribution in [0.25, 0.3) is 0 Å². The fourth-order valence-corrected chi connectivity index (χ4v) is 3.42. The molecule has 1 saturated heterocycles. The van der Waals surface area contributed by atoms with E-state index in [1.54, 1.807) is 11.3 Å². The molecule has 1 aliphatic heterocycles. The molecule has 78 valence electrons. The molecule has 0 radical (unpaired) electrons. The Balaban J connectivity index is 1.73. The van der Waals surface area contributed by atoms with Crippen LogP contribution in [0.2, 0.25) is 0 Å². The predicted molar refractivity (Wildman–Crippen MR) is 59.9 cm³/mol. The van der Waals surface area contributed by atoms with Gasteiger partial charge in [-0.25, -0.2) is 0 Å². The molecule has 0 bridgehead atoms. The lowest BCUT2D eigenvalue weighted by Gasteiger charge is -2.22. The molecular formula is C9H14N2OS2. The number of hydrogen-bond donors (Lipinski definition) is 1. The lowest BCUT2D eigenvalue weighted by molar-refractivity contribution is 0.477. The zero-order valence-corrected chi connectivity index (χ0v) is 9.57. The molecule has 14 heavy (non-hydrogen) atoms. The summed E-state index contributed by atoms with van der Waals surface area (Å²) < 4.78 is 11.1. The highest BCUT2D eigenvalue weighted by Gasteiger charge is 2.16. The molecule has 1 aromatic rings. The first kappa shape index (κ1) is 10.3. The van der Waals surface area contributed by atoms with Crippen molar-refractivity contribution in [2.24, 2.45) is 0 Å². The highest BCUT2D eigenvalue weighted by Crippen LogP contribution is 2.11. The molecule has 1 N–H and O–H groups in total. The molecule has 2 rings (SSSR count). The summed E-state index contributed by atoms with van der Waals surface area (Å²) >= 11 is 1.68. The topological polar surface area (TPSA) is 42.0 Å². The summed E-state index contributed by atoms with van der Waals surface area (Å²) in [4.78, 5) is 5.30. The van der Waals surface area contributed by atoms with Gasteiger partial charge in [-0.05, 0) is 12.8 Å². The van der Waals surface area contributed by atoms with Gasteiger partial charge in [0.05, 0.1) is 5.51 Å². The van der Waals surface area contributed by atoms with E-state index in [0.717, 1.165) is 30.9 Å². The normalized spacial score (nSPS) is 27.7. The lowest BCUT2D eigenvalue weighted by atomic mass is 10.1. The summed E-state index contributed by atoms with van der Waals surface area (Å²) in [5.74, 6) is 1.72. The van der Waals surface area contributed by atoms with Gasteiger partial charge in [-0.15, -0.1) is 11.3 Å². The van der Waals surface area contributed by atoms with Crippen molar-refractivity contribution >= 4 is 22.1 Å². The van der Waals surface area contributed by atoms with Crippen LogP contribution < -0.4 is 5.32 Å². The van der Waals surface area contributed by atoms with Gasteiger partial charge in [0.1, 0.15) is 0 Å². The van der Waals surface area contributed by atoms with Crippen LogP contribution in [0.15, 0.2) is 11.7 Å². The third-order valence-corrected chi connectivity index (χ3v) is 4.60. The van der Waals surface area contributed by atoms with Crippen LogP contribution in [0, 0.1) is 0 Å². The van der Waals surface area contributed by atoms with Crippen LogP contribution in [-0.4, -0.2) is 26.7 Å². The standard InChI is InChI=1S/C9H14N2OS2/c12-14-3-1-8(2-4-14)11-6-9-5-10-7-13-9/h5,7-8,11H,1-4,6H2. The van der Waals surface area contributed by atoms with E-state index in [-0.39, 0.29) is 0 Å². The number of nitrogens with zero attached hydrogens (tertiary/aromatic N) is 1. The Bertz CT molecular complexity index is 290. The molecule has 2 heterocycles. The Kier molecular flexibility index (Phi) is 3.67. The maximum atomic E-state index is 11.1. The molecule has 0 unspecified atom stereocenters. The molecule has 0 atom stereocenters. The first-order valence-electron chi connectivity index (χ1n) is 4.80. The zero-order valence-electron chi connectivity index (χ0n) is 7.94. The Morgan fingerprint density at radius 1 is 1.57 bits per heavy atom. The minimum atomic E-state index is -0.551. The quantitative estimate of drug-likeness (QED) is 0.847. The van der Waals surface area contributed by atoms with E-state index in [4.69, 9.17) is 0 Å². The first-order chi connectivity index (χ1) is 6.84. The molecule has 0 spiro atoms. The Labute approximate surface area is 90.4 Å². The lowest BCUT2D eigenvalue weighted by Crippen LogP contribution is -2.35. The number of thiazole rings is 1. The van der Waals surface area contributed by atoms with E-state index in [1.807, 2.05) is 11.7 Å². The van der Waals surface area contributed by atoms with Crippen LogP contribution in [-0.2, 0) is 17.3 Å².